The number of benzene rings is 1. The van der Waals surface area contributed by atoms with Crippen LogP contribution in [0.15, 0.2) is 23.2 Å². The Balaban J connectivity index is 1.74. The number of unbranched alkanes of at least 4 members (excludes halogenated alkanes) is 1. The van der Waals surface area contributed by atoms with Crippen molar-refractivity contribution in [2.45, 2.75) is 52.0 Å². The maximum absolute atomic E-state index is 5.63. The van der Waals surface area contributed by atoms with E-state index in [1.165, 1.54) is 38.8 Å². The minimum atomic E-state index is 0.600. The predicted octanol–water partition coefficient (Wildman–Crippen LogP) is 3.74. The van der Waals surface area contributed by atoms with Gasteiger partial charge in [-0.15, -0.1) is 0 Å². The number of hydrogen-bond donors (Lipinski definition) is 2. The fourth-order valence-corrected chi connectivity index (χ4v) is 3.48. The van der Waals surface area contributed by atoms with Gasteiger partial charge in [0.2, 0.25) is 0 Å². The van der Waals surface area contributed by atoms with Crippen molar-refractivity contribution in [2.24, 2.45) is 4.99 Å². The van der Waals surface area contributed by atoms with Crippen LogP contribution in [0.4, 0.5) is 5.69 Å². The molecule has 1 aliphatic heterocycles. The number of piperidine rings is 1. The maximum Gasteiger partial charge on any atom is 0.195 e. The summed E-state index contributed by atoms with van der Waals surface area (Å²) in [6, 6.07) is 6.55. The summed E-state index contributed by atoms with van der Waals surface area (Å²) in [5.41, 5.74) is 0.925. The third-order valence-electron chi connectivity index (χ3n) is 5.05. The molecule has 0 bridgehead atoms. The van der Waals surface area contributed by atoms with Crippen LogP contribution in [0.5, 0.6) is 11.5 Å². The zero-order valence-corrected chi connectivity index (χ0v) is 17.4. The summed E-state index contributed by atoms with van der Waals surface area (Å²) in [6.07, 6.45) is 6.44. The molecule has 1 heterocycles. The number of likely N-dealkylation sites (tertiary alicyclic amines) is 1. The summed E-state index contributed by atoms with van der Waals surface area (Å²) in [5.74, 6) is 2.24. The fraction of sp³-hybridized carbons (Fsp3) is 0.667. The van der Waals surface area contributed by atoms with E-state index in [0.717, 1.165) is 42.2 Å². The van der Waals surface area contributed by atoms with Gasteiger partial charge in [0.15, 0.2) is 17.5 Å². The van der Waals surface area contributed by atoms with Gasteiger partial charge in [-0.2, -0.15) is 0 Å². The van der Waals surface area contributed by atoms with Crippen molar-refractivity contribution in [1.82, 2.24) is 10.2 Å². The Kier molecular flexibility index (Phi) is 9.25. The Labute approximate surface area is 164 Å². The van der Waals surface area contributed by atoms with Gasteiger partial charge < -0.3 is 25.0 Å². The quantitative estimate of drug-likeness (QED) is 0.391. The lowest BCUT2D eigenvalue weighted by molar-refractivity contribution is 0.158. The molecule has 0 spiro atoms. The molecule has 1 aromatic rings. The van der Waals surface area contributed by atoms with Crippen molar-refractivity contribution in [2.75, 3.05) is 45.7 Å². The molecule has 2 N–H and O–H groups in total. The van der Waals surface area contributed by atoms with Crippen molar-refractivity contribution in [3.8, 4) is 11.5 Å². The van der Waals surface area contributed by atoms with Gasteiger partial charge in [-0.1, -0.05) is 6.42 Å². The van der Waals surface area contributed by atoms with Crippen LogP contribution in [0.2, 0.25) is 0 Å². The Bertz CT molecular complexity index is 592. The van der Waals surface area contributed by atoms with Crippen LogP contribution in [-0.2, 0) is 0 Å². The third-order valence-corrected chi connectivity index (χ3v) is 5.05. The summed E-state index contributed by atoms with van der Waals surface area (Å²) in [6.45, 7) is 8.29. The normalized spacial score (nSPS) is 18.2. The smallest absolute Gasteiger partial charge is 0.195 e. The largest absolute Gasteiger partial charge is 0.493 e. The molecule has 1 aliphatic rings. The number of rotatable bonds is 9. The van der Waals surface area contributed by atoms with Crippen LogP contribution >= 0.6 is 0 Å². The molecular formula is C21H36N4O2. The summed E-state index contributed by atoms with van der Waals surface area (Å²) in [5, 5.41) is 6.71. The number of hydrogen-bond acceptors (Lipinski definition) is 4. The number of ether oxygens (including phenoxy) is 2. The second kappa shape index (κ2) is 11.7. The zero-order valence-electron chi connectivity index (χ0n) is 17.4. The number of guanidine groups is 1. The van der Waals surface area contributed by atoms with Crippen LogP contribution in [0.1, 0.15) is 46.0 Å². The standard InChI is InChI=1S/C21H36N4O2/c1-5-27-20-16-18(11-12-19(20)26-4)24-21(22-3)23-13-7-9-15-25-14-8-6-10-17(25)2/h11-12,16-17H,5-10,13-15H2,1-4H3,(H2,22,23,24). The fourth-order valence-electron chi connectivity index (χ4n) is 3.48. The molecule has 6 nitrogen and oxygen atoms in total. The second-order valence-corrected chi connectivity index (χ2v) is 7.01. The highest BCUT2D eigenvalue weighted by Gasteiger charge is 2.17. The highest BCUT2D eigenvalue weighted by molar-refractivity contribution is 5.93. The molecule has 1 atom stereocenters. The lowest BCUT2D eigenvalue weighted by atomic mass is 10.0. The molecule has 1 aromatic carbocycles. The van der Waals surface area contributed by atoms with Gasteiger partial charge in [-0.3, -0.25) is 4.99 Å². The van der Waals surface area contributed by atoms with Gasteiger partial charge in [0, 0.05) is 31.4 Å². The molecule has 0 aliphatic carbocycles. The van der Waals surface area contributed by atoms with E-state index in [1.807, 2.05) is 25.1 Å². The average molecular weight is 377 g/mol. The molecule has 1 unspecified atom stereocenters. The van der Waals surface area contributed by atoms with E-state index in [1.54, 1.807) is 14.2 Å². The molecule has 0 radical (unpaired) electrons. The monoisotopic (exact) mass is 376 g/mol. The van der Waals surface area contributed by atoms with E-state index in [0.29, 0.717) is 6.61 Å². The molecule has 152 valence electrons. The van der Waals surface area contributed by atoms with E-state index in [9.17, 15) is 0 Å². The topological polar surface area (TPSA) is 58.1 Å². The number of nitrogens with zero attached hydrogens (tertiary/aromatic N) is 2. The van der Waals surface area contributed by atoms with Crippen molar-refractivity contribution >= 4 is 11.6 Å². The molecule has 2 rings (SSSR count). The first kappa shape index (κ1) is 21.4. The first-order valence-corrected chi connectivity index (χ1v) is 10.2. The van der Waals surface area contributed by atoms with E-state index in [2.05, 4.69) is 27.4 Å². The van der Waals surface area contributed by atoms with E-state index < -0.39 is 0 Å². The molecule has 27 heavy (non-hydrogen) atoms. The van der Waals surface area contributed by atoms with Crippen LogP contribution in [-0.4, -0.2) is 57.3 Å². The van der Waals surface area contributed by atoms with E-state index >= 15 is 0 Å². The SMILES string of the molecule is CCOc1cc(NC(=NC)NCCCCN2CCCCC2C)ccc1OC. The minimum Gasteiger partial charge on any atom is -0.493 e. The van der Waals surface area contributed by atoms with Crippen molar-refractivity contribution in [1.29, 1.82) is 0 Å². The lowest BCUT2D eigenvalue weighted by Gasteiger charge is -2.33. The molecule has 1 saturated heterocycles. The highest BCUT2D eigenvalue weighted by Crippen LogP contribution is 2.30. The first-order chi connectivity index (χ1) is 13.2. The Morgan fingerprint density at radius 3 is 2.81 bits per heavy atom. The molecule has 1 fully saturated rings. The van der Waals surface area contributed by atoms with Crippen molar-refractivity contribution in [3.05, 3.63) is 18.2 Å². The number of nitrogens with one attached hydrogen (secondary N) is 2. The summed E-state index contributed by atoms with van der Waals surface area (Å²) in [4.78, 5) is 6.94. The molecule has 0 aromatic heterocycles. The van der Waals surface area contributed by atoms with Gasteiger partial charge in [-0.05, 0) is 64.8 Å². The lowest BCUT2D eigenvalue weighted by Crippen LogP contribution is -2.38. The van der Waals surface area contributed by atoms with Gasteiger partial charge >= 0.3 is 0 Å². The second-order valence-electron chi connectivity index (χ2n) is 7.01. The minimum absolute atomic E-state index is 0.600. The van der Waals surface area contributed by atoms with Gasteiger partial charge in [-0.25, -0.2) is 0 Å². The Morgan fingerprint density at radius 1 is 1.26 bits per heavy atom. The summed E-state index contributed by atoms with van der Waals surface area (Å²) in [7, 11) is 3.44. The summed E-state index contributed by atoms with van der Waals surface area (Å²) >= 11 is 0. The van der Waals surface area contributed by atoms with Crippen molar-refractivity contribution < 1.29 is 9.47 Å². The Hall–Kier alpha value is -1.95. The number of aliphatic imine (C=N–C) groups is 1. The number of anilines is 1. The third kappa shape index (κ3) is 6.94. The predicted molar refractivity (Wildman–Crippen MR) is 113 cm³/mol. The first-order valence-electron chi connectivity index (χ1n) is 10.2. The van der Waals surface area contributed by atoms with E-state index in [4.69, 9.17) is 9.47 Å². The molecule has 6 heteroatoms. The zero-order chi connectivity index (χ0) is 19.5. The van der Waals surface area contributed by atoms with E-state index in [-0.39, 0.29) is 0 Å². The van der Waals surface area contributed by atoms with Crippen LogP contribution in [0.25, 0.3) is 0 Å². The highest BCUT2D eigenvalue weighted by atomic mass is 16.5. The molecule has 0 saturated carbocycles. The van der Waals surface area contributed by atoms with Crippen LogP contribution in [0.3, 0.4) is 0 Å². The van der Waals surface area contributed by atoms with Crippen LogP contribution in [0, 0.1) is 0 Å². The average Bonchev–Trinajstić information content (AvgIpc) is 2.68. The maximum atomic E-state index is 5.63. The summed E-state index contributed by atoms with van der Waals surface area (Å²) < 4.78 is 11.0. The van der Waals surface area contributed by atoms with Gasteiger partial charge in [0.25, 0.3) is 0 Å². The number of methoxy groups -OCH3 is 1. The van der Waals surface area contributed by atoms with Crippen LogP contribution < -0.4 is 20.1 Å². The van der Waals surface area contributed by atoms with Gasteiger partial charge in [0.1, 0.15) is 0 Å². The Morgan fingerprint density at radius 2 is 2.11 bits per heavy atom. The van der Waals surface area contributed by atoms with Crippen molar-refractivity contribution in [3.63, 3.8) is 0 Å². The molecule has 0 amide bonds. The van der Waals surface area contributed by atoms with Gasteiger partial charge in [0.05, 0.1) is 13.7 Å². The molecular weight excluding hydrogens is 340 g/mol.